The molecule has 0 aliphatic heterocycles. The average Bonchev–Trinajstić information content (AvgIpc) is 3.36. The average molecular weight is 490 g/mol. The number of hydrazine groups is 1. The zero-order valence-electron chi connectivity index (χ0n) is 19.4. The van der Waals surface area contributed by atoms with Crippen LogP contribution in [-0.2, 0) is 5.75 Å². The van der Waals surface area contributed by atoms with E-state index in [0.717, 1.165) is 17.0 Å². The van der Waals surface area contributed by atoms with Gasteiger partial charge in [0.05, 0.1) is 12.7 Å². The molecule has 2 heterocycles. The van der Waals surface area contributed by atoms with Crippen LogP contribution in [0.3, 0.4) is 0 Å². The van der Waals surface area contributed by atoms with Gasteiger partial charge in [0.2, 0.25) is 0 Å². The lowest BCUT2D eigenvalue weighted by Gasteiger charge is -2.07. The summed E-state index contributed by atoms with van der Waals surface area (Å²) in [6, 6.07) is 17.7. The van der Waals surface area contributed by atoms with E-state index in [1.807, 2.05) is 44.2 Å². The maximum absolute atomic E-state index is 12.4. The molecule has 4 aromatic rings. The maximum Gasteiger partial charge on any atom is 0.291 e. The van der Waals surface area contributed by atoms with Crippen molar-refractivity contribution in [3.8, 4) is 17.1 Å². The van der Waals surface area contributed by atoms with Crippen LogP contribution in [0.1, 0.15) is 37.8 Å². The number of ether oxygens (including phenoxy) is 1. The van der Waals surface area contributed by atoms with Gasteiger partial charge in [0.25, 0.3) is 11.8 Å². The van der Waals surface area contributed by atoms with Gasteiger partial charge in [-0.2, -0.15) is 0 Å². The smallest absolute Gasteiger partial charge is 0.291 e. The molecule has 4 rings (SSSR count). The molecule has 2 aromatic heterocycles. The number of aromatic nitrogens is 3. The number of carbonyl (C=O) groups is 2. The molecule has 0 saturated heterocycles. The van der Waals surface area contributed by atoms with Crippen LogP contribution in [0.2, 0.25) is 0 Å². The third-order valence-electron chi connectivity index (χ3n) is 4.95. The molecule has 35 heavy (non-hydrogen) atoms. The quantitative estimate of drug-likeness (QED) is 0.226. The molecule has 10 heteroatoms. The first-order chi connectivity index (χ1) is 16.9. The van der Waals surface area contributed by atoms with E-state index in [-0.39, 0.29) is 5.69 Å². The van der Waals surface area contributed by atoms with Crippen molar-refractivity contribution >= 4 is 23.6 Å². The second kappa shape index (κ2) is 10.8. The Kier molecular flexibility index (Phi) is 7.41. The Bertz CT molecular complexity index is 1330. The Morgan fingerprint density at radius 1 is 0.943 bits per heavy atom. The number of nitrogens with zero attached hydrogens (tertiary/aromatic N) is 3. The van der Waals surface area contributed by atoms with Gasteiger partial charge in [-0.05, 0) is 49.7 Å². The van der Waals surface area contributed by atoms with Gasteiger partial charge in [0.1, 0.15) is 5.75 Å². The van der Waals surface area contributed by atoms with Gasteiger partial charge < -0.3 is 9.26 Å². The Labute approximate surface area is 206 Å². The molecule has 0 spiro atoms. The number of aryl methyl sites for hydroxylation is 2. The fraction of sp³-hybridized carbons (Fsp3) is 0.160. The van der Waals surface area contributed by atoms with Crippen molar-refractivity contribution < 1.29 is 18.8 Å². The van der Waals surface area contributed by atoms with E-state index >= 15 is 0 Å². The third-order valence-corrected chi connectivity index (χ3v) is 5.87. The number of benzene rings is 2. The molecule has 2 N–H and O–H groups in total. The summed E-state index contributed by atoms with van der Waals surface area (Å²) in [6.07, 6.45) is 0. The van der Waals surface area contributed by atoms with E-state index in [1.165, 1.54) is 17.8 Å². The van der Waals surface area contributed by atoms with Crippen LogP contribution < -0.4 is 15.6 Å². The predicted octanol–water partition coefficient (Wildman–Crippen LogP) is 4.12. The molecule has 2 aromatic carbocycles. The highest BCUT2D eigenvalue weighted by Crippen LogP contribution is 2.29. The molecule has 0 atom stereocenters. The Morgan fingerprint density at radius 2 is 1.63 bits per heavy atom. The highest BCUT2D eigenvalue weighted by atomic mass is 32.2. The van der Waals surface area contributed by atoms with Gasteiger partial charge in [-0.3, -0.25) is 20.4 Å². The minimum absolute atomic E-state index is 0.0205. The standard InChI is InChI=1S/C25H23N5O4S/c1-15-12-16(2)27-25(26-15)35-14-17-8-10-18(11-9-17)23(31)28-29-24(32)20-13-22(34-30-20)19-6-4-5-7-21(19)33-3/h4-13H,14H2,1-3H3,(H,28,31)(H,29,32). The summed E-state index contributed by atoms with van der Waals surface area (Å²) in [4.78, 5) is 33.7. The molecule has 0 saturated carbocycles. The van der Waals surface area contributed by atoms with E-state index in [4.69, 9.17) is 9.26 Å². The minimum atomic E-state index is -0.607. The van der Waals surface area contributed by atoms with Gasteiger partial charge in [-0.15, -0.1) is 0 Å². The van der Waals surface area contributed by atoms with Gasteiger partial charge in [0, 0.05) is 28.8 Å². The summed E-state index contributed by atoms with van der Waals surface area (Å²) in [5, 5.41) is 4.50. The van der Waals surface area contributed by atoms with Crippen molar-refractivity contribution in [2.75, 3.05) is 7.11 Å². The van der Waals surface area contributed by atoms with Gasteiger partial charge in [-0.25, -0.2) is 9.97 Å². The molecule has 2 amide bonds. The maximum atomic E-state index is 12.4. The van der Waals surface area contributed by atoms with E-state index in [9.17, 15) is 9.59 Å². The van der Waals surface area contributed by atoms with Crippen molar-refractivity contribution in [3.63, 3.8) is 0 Å². The largest absolute Gasteiger partial charge is 0.496 e. The van der Waals surface area contributed by atoms with Crippen molar-refractivity contribution in [2.24, 2.45) is 0 Å². The van der Waals surface area contributed by atoms with Crippen LogP contribution in [0.25, 0.3) is 11.3 Å². The SMILES string of the molecule is COc1ccccc1-c1cc(C(=O)NNC(=O)c2ccc(CSc3nc(C)cc(C)n3)cc2)no1. The number of carbonyl (C=O) groups excluding carboxylic acids is 2. The zero-order chi connectivity index (χ0) is 24.8. The lowest BCUT2D eigenvalue weighted by molar-refractivity contribution is 0.0841. The molecular weight excluding hydrogens is 466 g/mol. The molecule has 0 aliphatic rings. The summed E-state index contributed by atoms with van der Waals surface area (Å²) >= 11 is 1.53. The van der Waals surface area contributed by atoms with Crippen LogP contribution in [0, 0.1) is 13.8 Å². The summed E-state index contributed by atoms with van der Waals surface area (Å²) in [6.45, 7) is 3.87. The number of hydrogen-bond acceptors (Lipinski definition) is 8. The molecule has 9 nitrogen and oxygen atoms in total. The summed E-state index contributed by atoms with van der Waals surface area (Å²) < 4.78 is 10.6. The van der Waals surface area contributed by atoms with E-state index in [1.54, 1.807) is 31.4 Å². The third kappa shape index (κ3) is 6.04. The predicted molar refractivity (Wildman–Crippen MR) is 131 cm³/mol. The lowest BCUT2D eigenvalue weighted by atomic mass is 10.1. The molecule has 0 fully saturated rings. The number of para-hydroxylation sites is 1. The summed E-state index contributed by atoms with van der Waals surface area (Å²) in [5.41, 5.74) is 8.69. The molecule has 0 radical (unpaired) electrons. The number of thioether (sulfide) groups is 1. The number of nitrogens with one attached hydrogen (secondary N) is 2. The lowest BCUT2D eigenvalue weighted by Crippen LogP contribution is -2.41. The summed E-state index contributed by atoms with van der Waals surface area (Å²) in [7, 11) is 1.54. The van der Waals surface area contributed by atoms with Crippen LogP contribution in [0.4, 0.5) is 0 Å². The first-order valence-corrected chi connectivity index (χ1v) is 11.7. The van der Waals surface area contributed by atoms with Crippen molar-refractivity contribution in [2.45, 2.75) is 24.8 Å². The van der Waals surface area contributed by atoms with Gasteiger partial charge in [0.15, 0.2) is 16.6 Å². The monoisotopic (exact) mass is 489 g/mol. The number of hydrogen-bond donors (Lipinski definition) is 2. The van der Waals surface area contributed by atoms with Crippen molar-refractivity contribution in [1.29, 1.82) is 0 Å². The fourth-order valence-electron chi connectivity index (χ4n) is 3.27. The molecule has 0 unspecified atom stereocenters. The molecular formula is C25H23N5O4S. The van der Waals surface area contributed by atoms with Crippen LogP contribution in [-0.4, -0.2) is 34.0 Å². The zero-order valence-corrected chi connectivity index (χ0v) is 20.2. The van der Waals surface area contributed by atoms with Crippen LogP contribution >= 0.6 is 11.8 Å². The van der Waals surface area contributed by atoms with Crippen LogP contribution in [0.5, 0.6) is 5.75 Å². The summed E-state index contributed by atoms with van der Waals surface area (Å²) in [5.74, 6) is 0.571. The highest BCUT2D eigenvalue weighted by molar-refractivity contribution is 7.98. The van der Waals surface area contributed by atoms with Gasteiger partial charge in [-0.1, -0.05) is 41.2 Å². The minimum Gasteiger partial charge on any atom is -0.496 e. The first kappa shape index (κ1) is 24.0. The van der Waals surface area contributed by atoms with E-state index in [0.29, 0.717) is 33.5 Å². The van der Waals surface area contributed by atoms with Crippen molar-refractivity contribution in [1.82, 2.24) is 26.0 Å². The topological polar surface area (TPSA) is 119 Å². The number of amides is 2. The van der Waals surface area contributed by atoms with Crippen molar-refractivity contribution in [3.05, 3.63) is 88.9 Å². The van der Waals surface area contributed by atoms with E-state index in [2.05, 4.69) is 26.0 Å². The molecule has 0 aliphatic carbocycles. The van der Waals surface area contributed by atoms with Gasteiger partial charge >= 0.3 is 0 Å². The second-order valence-corrected chi connectivity index (χ2v) is 8.55. The fourth-order valence-corrected chi connectivity index (χ4v) is 4.17. The number of rotatable bonds is 7. The Hall–Kier alpha value is -4.18. The van der Waals surface area contributed by atoms with E-state index < -0.39 is 11.8 Å². The first-order valence-electron chi connectivity index (χ1n) is 10.7. The number of methoxy groups -OCH3 is 1. The molecule has 178 valence electrons. The normalized spacial score (nSPS) is 10.6. The molecule has 0 bridgehead atoms. The highest BCUT2D eigenvalue weighted by Gasteiger charge is 2.17. The van der Waals surface area contributed by atoms with Crippen LogP contribution in [0.15, 0.2) is 70.3 Å². The second-order valence-electron chi connectivity index (χ2n) is 7.60. The Balaban J connectivity index is 1.31. The Morgan fingerprint density at radius 3 is 2.34 bits per heavy atom.